The molecule has 0 radical (unpaired) electrons. The number of rotatable bonds is 6. The number of nitrogens with one attached hydrogen (secondary N) is 1. The maximum absolute atomic E-state index is 12.2. The van der Waals surface area contributed by atoms with E-state index in [0.29, 0.717) is 34.4 Å². The molecule has 128 valence electrons. The lowest BCUT2D eigenvalue weighted by atomic mass is 10.1. The lowest BCUT2D eigenvalue weighted by Gasteiger charge is -2.12. The van der Waals surface area contributed by atoms with Crippen LogP contribution in [0.4, 0.5) is 5.69 Å². The van der Waals surface area contributed by atoms with E-state index in [2.05, 4.69) is 5.32 Å². The molecular weight excluding hydrogens is 349 g/mol. The van der Waals surface area contributed by atoms with Crippen LogP contribution in [0.5, 0.6) is 11.5 Å². The molecule has 1 amide bonds. The molecule has 0 aliphatic carbocycles. The smallest absolute Gasteiger partial charge is 0.224 e. The maximum atomic E-state index is 12.2. The summed E-state index contributed by atoms with van der Waals surface area (Å²) in [7, 11) is 3.08. The number of carbonyl (C=O) groups excluding carboxylic acids is 1. The van der Waals surface area contributed by atoms with Gasteiger partial charge in [0.2, 0.25) is 5.91 Å². The normalized spacial score (nSPS) is 10.4. The topological polar surface area (TPSA) is 47.6 Å². The van der Waals surface area contributed by atoms with Gasteiger partial charge in [-0.15, -0.1) is 0 Å². The first kappa shape index (κ1) is 18.4. The molecule has 0 spiro atoms. The van der Waals surface area contributed by atoms with E-state index in [1.807, 2.05) is 19.1 Å². The first-order valence-corrected chi connectivity index (χ1v) is 8.16. The van der Waals surface area contributed by atoms with Crippen LogP contribution in [-0.4, -0.2) is 20.1 Å². The van der Waals surface area contributed by atoms with Crippen LogP contribution in [0.3, 0.4) is 0 Å². The van der Waals surface area contributed by atoms with E-state index in [4.69, 9.17) is 32.7 Å². The molecule has 0 unspecified atom stereocenters. The van der Waals surface area contributed by atoms with Gasteiger partial charge in [0, 0.05) is 17.1 Å². The largest absolute Gasteiger partial charge is 0.493 e. The number of anilines is 1. The Balaban J connectivity index is 2.04. The monoisotopic (exact) mass is 367 g/mol. The van der Waals surface area contributed by atoms with E-state index in [9.17, 15) is 4.79 Å². The summed E-state index contributed by atoms with van der Waals surface area (Å²) in [6, 6.07) is 9.00. The molecular formula is C18H19Cl2NO3. The minimum atomic E-state index is -0.0914. The van der Waals surface area contributed by atoms with Crippen LogP contribution in [0.1, 0.15) is 17.5 Å². The first-order valence-electron chi connectivity index (χ1n) is 7.41. The van der Waals surface area contributed by atoms with E-state index in [1.165, 1.54) is 7.11 Å². The van der Waals surface area contributed by atoms with Crippen molar-refractivity contribution in [2.75, 3.05) is 19.5 Å². The summed E-state index contributed by atoms with van der Waals surface area (Å²) in [6.07, 6.45) is 0.850. The number of ether oxygens (including phenoxy) is 2. The van der Waals surface area contributed by atoms with Gasteiger partial charge in [-0.2, -0.15) is 0 Å². The first-order chi connectivity index (χ1) is 11.4. The van der Waals surface area contributed by atoms with Gasteiger partial charge in [0.25, 0.3) is 0 Å². The lowest BCUT2D eigenvalue weighted by molar-refractivity contribution is -0.116. The number of methoxy groups -OCH3 is 2. The van der Waals surface area contributed by atoms with Crippen LogP contribution >= 0.6 is 23.2 Å². The molecule has 1 N–H and O–H groups in total. The van der Waals surface area contributed by atoms with Crippen LogP contribution < -0.4 is 14.8 Å². The third kappa shape index (κ3) is 4.56. The standard InChI is InChI=1S/C18H19Cl2NO3/c1-11-4-6-13(19)10-15(11)21-17(22)7-5-12-8-14(20)18(24-3)16(9-12)23-2/h4,6,8-10H,5,7H2,1-3H3,(H,21,22). The average Bonchev–Trinajstić information content (AvgIpc) is 2.55. The van der Waals surface area contributed by atoms with Crippen molar-refractivity contribution < 1.29 is 14.3 Å². The molecule has 0 saturated carbocycles. The minimum absolute atomic E-state index is 0.0914. The van der Waals surface area contributed by atoms with Crippen molar-refractivity contribution in [2.45, 2.75) is 19.8 Å². The van der Waals surface area contributed by atoms with Crippen LogP contribution in [-0.2, 0) is 11.2 Å². The molecule has 2 aromatic rings. The zero-order valence-corrected chi connectivity index (χ0v) is 15.3. The highest BCUT2D eigenvalue weighted by Crippen LogP contribution is 2.36. The zero-order chi connectivity index (χ0) is 17.7. The highest BCUT2D eigenvalue weighted by atomic mass is 35.5. The fraction of sp³-hybridized carbons (Fsp3) is 0.278. The molecule has 0 bridgehead atoms. The Morgan fingerprint density at radius 3 is 2.54 bits per heavy atom. The van der Waals surface area contributed by atoms with E-state index in [-0.39, 0.29) is 5.91 Å². The van der Waals surface area contributed by atoms with Crippen molar-refractivity contribution in [3.05, 3.63) is 51.5 Å². The number of aryl methyl sites for hydroxylation is 2. The summed E-state index contributed by atoms with van der Waals surface area (Å²) in [5, 5.41) is 3.92. The number of benzene rings is 2. The molecule has 0 aliphatic rings. The van der Waals surface area contributed by atoms with Crippen LogP contribution in [0.25, 0.3) is 0 Å². The highest BCUT2D eigenvalue weighted by molar-refractivity contribution is 6.32. The molecule has 0 fully saturated rings. The fourth-order valence-corrected chi connectivity index (χ4v) is 2.80. The summed E-state index contributed by atoms with van der Waals surface area (Å²) >= 11 is 12.1. The molecule has 0 atom stereocenters. The highest BCUT2D eigenvalue weighted by Gasteiger charge is 2.12. The molecule has 24 heavy (non-hydrogen) atoms. The Hall–Kier alpha value is -1.91. The Morgan fingerprint density at radius 1 is 1.12 bits per heavy atom. The maximum Gasteiger partial charge on any atom is 0.224 e. The lowest BCUT2D eigenvalue weighted by Crippen LogP contribution is -2.13. The second kappa shape index (κ2) is 8.27. The third-order valence-electron chi connectivity index (χ3n) is 3.61. The van der Waals surface area contributed by atoms with Crippen molar-refractivity contribution in [1.82, 2.24) is 0 Å². The predicted octanol–water partition coefficient (Wildman–Crippen LogP) is 4.89. The molecule has 4 nitrogen and oxygen atoms in total. The summed E-state index contributed by atoms with van der Waals surface area (Å²) < 4.78 is 10.5. The van der Waals surface area contributed by atoms with Crippen molar-refractivity contribution in [3.63, 3.8) is 0 Å². The van der Waals surface area contributed by atoms with E-state index in [0.717, 1.165) is 16.8 Å². The summed E-state index contributed by atoms with van der Waals surface area (Å²) in [4.78, 5) is 12.2. The van der Waals surface area contributed by atoms with Gasteiger partial charge in [0.05, 0.1) is 19.2 Å². The minimum Gasteiger partial charge on any atom is -0.493 e. The van der Waals surface area contributed by atoms with E-state index < -0.39 is 0 Å². The number of carbonyl (C=O) groups is 1. The van der Waals surface area contributed by atoms with Crippen LogP contribution in [0.15, 0.2) is 30.3 Å². The number of hydrogen-bond donors (Lipinski definition) is 1. The van der Waals surface area contributed by atoms with Crippen molar-refractivity contribution >= 4 is 34.8 Å². The molecule has 2 aromatic carbocycles. The Bertz CT molecular complexity index is 747. The Kier molecular flexibility index (Phi) is 6.35. The third-order valence-corrected chi connectivity index (χ3v) is 4.12. The summed E-state index contributed by atoms with van der Waals surface area (Å²) in [6.45, 7) is 1.92. The van der Waals surface area contributed by atoms with Crippen molar-refractivity contribution in [1.29, 1.82) is 0 Å². The van der Waals surface area contributed by atoms with Gasteiger partial charge in [0.1, 0.15) is 0 Å². The zero-order valence-electron chi connectivity index (χ0n) is 13.8. The van der Waals surface area contributed by atoms with Gasteiger partial charge in [0.15, 0.2) is 11.5 Å². The van der Waals surface area contributed by atoms with Gasteiger partial charge < -0.3 is 14.8 Å². The molecule has 2 rings (SSSR count). The van der Waals surface area contributed by atoms with E-state index in [1.54, 1.807) is 25.3 Å². The van der Waals surface area contributed by atoms with Crippen molar-refractivity contribution in [2.24, 2.45) is 0 Å². The van der Waals surface area contributed by atoms with Crippen LogP contribution in [0, 0.1) is 6.92 Å². The van der Waals surface area contributed by atoms with Crippen molar-refractivity contribution in [3.8, 4) is 11.5 Å². The number of hydrogen-bond acceptors (Lipinski definition) is 3. The summed E-state index contributed by atoms with van der Waals surface area (Å²) in [5.74, 6) is 0.944. The summed E-state index contributed by atoms with van der Waals surface area (Å²) in [5.41, 5.74) is 2.58. The van der Waals surface area contributed by atoms with Gasteiger partial charge >= 0.3 is 0 Å². The molecule has 0 heterocycles. The number of amides is 1. The SMILES string of the molecule is COc1cc(CCC(=O)Nc2cc(Cl)ccc2C)cc(Cl)c1OC. The Labute approximate surface area is 151 Å². The average molecular weight is 368 g/mol. The molecule has 0 saturated heterocycles. The molecule has 0 aliphatic heterocycles. The second-order valence-corrected chi connectivity index (χ2v) is 6.16. The van der Waals surface area contributed by atoms with Gasteiger partial charge in [-0.05, 0) is 48.7 Å². The fourth-order valence-electron chi connectivity index (χ4n) is 2.32. The Morgan fingerprint density at radius 2 is 1.88 bits per heavy atom. The van der Waals surface area contributed by atoms with Crippen LogP contribution in [0.2, 0.25) is 10.0 Å². The van der Waals surface area contributed by atoms with Gasteiger partial charge in [-0.3, -0.25) is 4.79 Å². The predicted molar refractivity (Wildman–Crippen MR) is 97.7 cm³/mol. The van der Waals surface area contributed by atoms with E-state index >= 15 is 0 Å². The molecule has 6 heteroatoms. The van der Waals surface area contributed by atoms with Gasteiger partial charge in [-0.1, -0.05) is 29.3 Å². The second-order valence-electron chi connectivity index (χ2n) is 5.32. The number of halogens is 2. The quantitative estimate of drug-likeness (QED) is 0.790. The van der Waals surface area contributed by atoms with Gasteiger partial charge in [-0.25, -0.2) is 0 Å². The molecule has 0 aromatic heterocycles.